The fourth-order valence-electron chi connectivity index (χ4n) is 3.87. The summed E-state index contributed by atoms with van der Waals surface area (Å²) in [6.45, 7) is 4.55. The number of carbonyl (C=O) groups excluding carboxylic acids is 3. The smallest absolute Gasteiger partial charge is 0.191 e. The van der Waals surface area contributed by atoms with Crippen molar-refractivity contribution < 1.29 is 32.3 Å². The average Bonchev–Trinajstić information content (AvgIpc) is 2.97. The molecular formula is C21H25ClO7S2. The Morgan fingerprint density at radius 2 is 1.77 bits per heavy atom. The molecular weight excluding hydrogens is 464 g/mol. The summed E-state index contributed by atoms with van der Waals surface area (Å²) in [6.07, 6.45) is 0.410. The van der Waals surface area contributed by atoms with Crippen LogP contribution >= 0.6 is 23.4 Å². The van der Waals surface area contributed by atoms with Gasteiger partial charge in [0.25, 0.3) is 0 Å². The number of ether oxygens (including phenoxy) is 2. The van der Waals surface area contributed by atoms with Crippen molar-refractivity contribution in [2.24, 2.45) is 5.92 Å². The summed E-state index contributed by atoms with van der Waals surface area (Å²) >= 11 is 7.65. The fourth-order valence-corrected chi connectivity index (χ4v) is 7.83. The second-order valence-electron chi connectivity index (χ2n) is 7.34. The number of fused-ring (bicyclic) bond motifs is 1. The standard InChI is InChI=1S/C21H25ClO7S2/c1-3-28-17(29-4-2)11-30-18-10-13-16(31(18,26)27)9-8-12(20(13)22)21(25)19-14(23)6-5-7-15(19)24/h8-9,17-19H,3-7,10-11H2,1-2H3. The molecule has 1 aliphatic heterocycles. The predicted molar refractivity (Wildman–Crippen MR) is 117 cm³/mol. The lowest BCUT2D eigenvalue weighted by Crippen LogP contribution is -2.35. The maximum atomic E-state index is 13.0. The summed E-state index contributed by atoms with van der Waals surface area (Å²) in [6, 6.07) is 2.66. The Kier molecular flexibility index (Phi) is 7.96. The van der Waals surface area contributed by atoms with Crippen LogP contribution in [0, 0.1) is 5.92 Å². The summed E-state index contributed by atoms with van der Waals surface area (Å²) in [5.41, 5.74) is 0.376. The van der Waals surface area contributed by atoms with Crippen molar-refractivity contribution in [2.45, 2.75) is 55.3 Å². The van der Waals surface area contributed by atoms with Crippen molar-refractivity contribution in [1.82, 2.24) is 0 Å². The van der Waals surface area contributed by atoms with Crippen molar-refractivity contribution in [3.8, 4) is 0 Å². The molecule has 1 saturated carbocycles. The van der Waals surface area contributed by atoms with E-state index in [9.17, 15) is 22.8 Å². The zero-order chi connectivity index (χ0) is 22.8. The van der Waals surface area contributed by atoms with E-state index >= 15 is 0 Å². The maximum Gasteiger partial charge on any atom is 0.191 e. The highest BCUT2D eigenvalue weighted by Crippen LogP contribution is 2.42. The van der Waals surface area contributed by atoms with Gasteiger partial charge in [0, 0.05) is 43.8 Å². The summed E-state index contributed by atoms with van der Waals surface area (Å²) in [5.74, 6) is -2.48. The number of hydrogen-bond donors (Lipinski definition) is 0. The Morgan fingerprint density at radius 1 is 1.16 bits per heavy atom. The van der Waals surface area contributed by atoms with Crippen molar-refractivity contribution >= 4 is 50.5 Å². The Labute approximate surface area is 191 Å². The largest absolute Gasteiger partial charge is 0.352 e. The Bertz CT molecular complexity index is 968. The number of thioether (sulfide) groups is 1. The van der Waals surface area contributed by atoms with Crippen LogP contribution in [0.5, 0.6) is 0 Å². The molecule has 31 heavy (non-hydrogen) atoms. The summed E-state index contributed by atoms with van der Waals surface area (Å²) in [7, 11) is -3.66. The molecule has 0 spiro atoms. The molecule has 1 unspecified atom stereocenters. The van der Waals surface area contributed by atoms with Gasteiger partial charge in [-0.25, -0.2) is 8.42 Å². The molecule has 0 bridgehead atoms. The Balaban J connectivity index is 1.84. The van der Waals surface area contributed by atoms with Crippen LogP contribution in [0.25, 0.3) is 0 Å². The minimum atomic E-state index is -3.66. The summed E-state index contributed by atoms with van der Waals surface area (Å²) in [5, 5.41) is 0.00603. The third kappa shape index (κ3) is 4.90. The average molecular weight is 489 g/mol. The number of Topliss-reactive ketones (excluding diaryl/α,β-unsaturated/α-hetero) is 3. The van der Waals surface area contributed by atoms with Crippen LogP contribution in [-0.2, 0) is 35.3 Å². The van der Waals surface area contributed by atoms with Gasteiger partial charge < -0.3 is 9.47 Å². The zero-order valence-electron chi connectivity index (χ0n) is 17.4. The molecule has 0 saturated heterocycles. The predicted octanol–water partition coefficient (Wildman–Crippen LogP) is 3.25. The highest BCUT2D eigenvalue weighted by Gasteiger charge is 2.42. The van der Waals surface area contributed by atoms with E-state index in [0.29, 0.717) is 31.0 Å². The number of rotatable bonds is 9. The number of benzene rings is 1. The molecule has 0 N–H and O–H groups in total. The van der Waals surface area contributed by atoms with Gasteiger partial charge in [-0.3, -0.25) is 14.4 Å². The molecule has 1 heterocycles. The monoisotopic (exact) mass is 488 g/mol. The van der Waals surface area contributed by atoms with Gasteiger partial charge in [0.2, 0.25) is 0 Å². The first-order valence-electron chi connectivity index (χ1n) is 10.2. The van der Waals surface area contributed by atoms with Gasteiger partial charge in [-0.2, -0.15) is 0 Å². The Morgan fingerprint density at radius 3 is 2.35 bits per heavy atom. The van der Waals surface area contributed by atoms with Gasteiger partial charge in [-0.15, -0.1) is 11.8 Å². The number of ketones is 3. The molecule has 170 valence electrons. The van der Waals surface area contributed by atoms with Gasteiger partial charge in [0.1, 0.15) is 10.5 Å². The van der Waals surface area contributed by atoms with Crippen LogP contribution in [0.2, 0.25) is 5.02 Å². The van der Waals surface area contributed by atoms with Gasteiger partial charge in [-0.1, -0.05) is 11.6 Å². The van der Waals surface area contributed by atoms with E-state index in [-0.39, 0.29) is 34.7 Å². The molecule has 0 amide bonds. The van der Waals surface area contributed by atoms with Crippen LogP contribution in [0.4, 0.5) is 0 Å². The highest BCUT2D eigenvalue weighted by atomic mass is 35.5. The molecule has 1 aromatic rings. The van der Waals surface area contributed by atoms with E-state index in [0.717, 1.165) is 0 Å². The fraction of sp³-hybridized carbons (Fsp3) is 0.571. The minimum absolute atomic E-state index is 0.00603. The lowest BCUT2D eigenvalue weighted by Gasteiger charge is -2.19. The normalized spacial score (nSPS) is 21.0. The molecule has 10 heteroatoms. The third-order valence-corrected chi connectivity index (χ3v) is 9.82. The second-order valence-corrected chi connectivity index (χ2v) is 11.4. The topological polar surface area (TPSA) is 104 Å². The van der Waals surface area contributed by atoms with Crippen molar-refractivity contribution in [2.75, 3.05) is 19.0 Å². The van der Waals surface area contributed by atoms with E-state index in [1.807, 2.05) is 13.8 Å². The van der Waals surface area contributed by atoms with Gasteiger partial charge in [0.05, 0.1) is 9.92 Å². The van der Waals surface area contributed by atoms with E-state index in [1.54, 1.807) is 0 Å². The molecule has 1 fully saturated rings. The van der Waals surface area contributed by atoms with E-state index in [2.05, 4.69) is 0 Å². The summed E-state index contributed by atoms with van der Waals surface area (Å²) < 4.78 is 36.2. The quantitative estimate of drug-likeness (QED) is 0.296. The number of sulfone groups is 1. The molecule has 2 aliphatic rings. The van der Waals surface area contributed by atoms with E-state index in [1.165, 1.54) is 23.9 Å². The molecule has 1 atom stereocenters. The minimum Gasteiger partial charge on any atom is -0.352 e. The van der Waals surface area contributed by atoms with Crippen LogP contribution in [0.3, 0.4) is 0 Å². The lowest BCUT2D eigenvalue weighted by molar-refractivity contribution is -0.133. The Hall–Kier alpha value is -1.26. The lowest BCUT2D eigenvalue weighted by atomic mass is 9.81. The molecule has 7 nitrogen and oxygen atoms in total. The summed E-state index contributed by atoms with van der Waals surface area (Å²) in [4.78, 5) is 37.3. The van der Waals surface area contributed by atoms with Crippen molar-refractivity contribution in [3.05, 3.63) is 28.3 Å². The van der Waals surface area contributed by atoms with Crippen LogP contribution in [-0.4, -0.2) is 55.6 Å². The van der Waals surface area contributed by atoms with E-state index < -0.39 is 44.0 Å². The number of halogens is 1. The number of hydrogen-bond acceptors (Lipinski definition) is 8. The number of carbonyl (C=O) groups is 3. The maximum absolute atomic E-state index is 13.0. The second kappa shape index (κ2) is 10.1. The van der Waals surface area contributed by atoms with Crippen LogP contribution < -0.4 is 0 Å². The van der Waals surface area contributed by atoms with Gasteiger partial charge in [0.15, 0.2) is 33.5 Å². The van der Waals surface area contributed by atoms with Gasteiger partial charge in [-0.05, 0) is 38.0 Å². The van der Waals surface area contributed by atoms with Crippen molar-refractivity contribution in [3.63, 3.8) is 0 Å². The molecule has 0 aromatic heterocycles. The first kappa shape index (κ1) is 24.4. The molecule has 1 aromatic carbocycles. The molecule has 1 aliphatic carbocycles. The SMILES string of the molecule is CCOC(CSC1Cc2c(ccc(C(=O)C3C(=O)CCCC3=O)c2Cl)S1(=O)=O)OCC. The van der Waals surface area contributed by atoms with Crippen LogP contribution in [0.15, 0.2) is 17.0 Å². The van der Waals surface area contributed by atoms with Crippen molar-refractivity contribution in [1.29, 1.82) is 0 Å². The first-order valence-corrected chi connectivity index (χ1v) is 13.2. The zero-order valence-corrected chi connectivity index (χ0v) is 19.8. The van der Waals surface area contributed by atoms with Gasteiger partial charge >= 0.3 is 0 Å². The molecule has 3 rings (SSSR count). The third-order valence-electron chi connectivity index (χ3n) is 5.36. The van der Waals surface area contributed by atoms with Crippen LogP contribution in [0.1, 0.15) is 49.0 Å². The molecule has 0 radical (unpaired) electrons. The van der Waals surface area contributed by atoms with E-state index in [4.69, 9.17) is 21.1 Å². The first-order chi connectivity index (χ1) is 14.7. The highest BCUT2D eigenvalue weighted by molar-refractivity contribution is 8.13.